The average Bonchev–Trinajstić information content (AvgIpc) is 3.14. The monoisotopic (exact) mass is 365 g/mol. The summed E-state index contributed by atoms with van der Waals surface area (Å²) in [4.78, 5) is 44.3. The Hall–Kier alpha value is -3.76. The smallest absolute Gasteiger partial charge is 0.325 e. The van der Waals surface area contributed by atoms with E-state index in [9.17, 15) is 28.9 Å². The van der Waals surface area contributed by atoms with Gasteiger partial charge in [0.2, 0.25) is 5.82 Å². The summed E-state index contributed by atoms with van der Waals surface area (Å²) in [6, 6.07) is 5.67. The molecule has 0 atom stereocenters. The predicted octanol–water partition coefficient (Wildman–Crippen LogP) is 1.24. The predicted molar refractivity (Wildman–Crippen MR) is 83.7 cm³/mol. The fourth-order valence-corrected chi connectivity index (χ4v) is 1.77. The number of amides is 2. The number of furan rings is 1. The molecule has 0 bridgehead atoms. The van der Waals surface area contributed by atoms with E-state index in [1.165, 1.54) is 18.4 Å². The third-order valence-electron chi connectivity index (χ3n) is 2.93. The lowest BCUT2D eigenvalue weighted by Crippen LogP contribution is -2.32. The van der Waals surface area contributed by atoms with Crippen LogP contribution in [0.4, 0.5) is 15.8 Å². The van der Waals surface area contributed by atoms with E-state index in [4.69, 9.17) is 4.42 Å². The van der Waals surface area contributed by atoms with Crippen LogP contribution in [-0.4, -0.2) is 35.9 Å². The van der Waals surface area contributed by atoms with Crippen molar-refractivity contribution in [3.05, 3.63) is 58.3 Å². The maximum absolute atomic E-state index is 13.2. The summed E-state index contributed by atoms with van der Waals surface area (Å²) in [6.07, 6.45) is 1.29. The Labute approximate surface area is 145 Å². The number of anilines is 1. The van der Waals surface area contributed by atoms with Crippen molar-refractivity contribution in [2.75, 3.05) is 18.5 Å². The first-order valence-corrected chi connectivity index (χ1v) is 7.08. The molecule has 11 heteroatoms. The first-order chi connectivity index (χ1) is 12.4. The Bertz CT molecular complexity index is 836. The molecule has 1 aromatic carbocycles. The largest absolute Gasteiger partial charge is 0.459 e. The zero-order valence-corrected chi connectivity index (χ0v) is 13.1. The maximum atomic E-state index is 13.2. The van der Waals surface area contributed by atoms with E-state index in [2.05, 4.69) is 15.4 Å². The molecule has 0 fully saturated rings. The third kappa shape index (κ3) is 5.12. The summed E-state index contributed by atoms with van der Waals surface area (Å²) in [5, 5.41) is 15.1. The number of carbonyl (C=O) groups excluding carboxylic acids is 3. The summed E-state index contributed by atoms with van der Waals surface area (Å²) in [5.41, 5.74) is -0.842. The SMILES string of the molecule is O=C(COC(=O)CNC(=O)c1ccco1)Nc1ccc(F)c([N+](=O)[O-])c1. The topological polar surface area (TPSA) is 141 Å². The van der Waals surface area contributed by atoms with Gasteiger partial charge in [-0.3, -0.25) is 24.5 Å². The number of nitro groups is 1. The van der Waals surface area contributed by atoms with Crippen LogP contribution in [0.1, 0.15) is 10.6 Å². The first kappa shape index (κ1) is 18.6. The van der Waals surface area contributed by atoms with E-state index in [1.807, 2.05) is 0 Å². The second-order valence-electron chi connectivity index (χ2n) is 4.79. The van der Waals surface area contributed by atoms with Crippen LogP contribution in [0, 0.1) is 15.9 Å². The highest BCUT2D eigenvalue weighted by Crippen LogP contribution is 2.21. The Balaban J connectivity index is 1.78. The fourth-order valence-electron chi connectivity index (χ4n) is 1.77. The van der Waals surface area contributed by atoms with Crippen molar-refractivity contribution in [2.24, 2.45) is 0 Å². The summed E-state index contributed by atoms with van der Waals surface area (Å²) >= 11 is 0. The van der Waals surface area contributed by atoms with Crippen molar-refractivity contribution < 1.29 is 32.9 Å². The van der Waals surface area contributed by atoms with Gasteiger partial charge in [0.05, 0.1) is 11.2 Å². The van der Waals surface area contributed by atoms with Gasteiger partial charge in [-0.2, -0.15) is 4.39 Å². The highest BCUT2D eigenvalue weighted by atomic mass is 19.1. The number of ether oxygens (including phenoxy) is 1. The number of rotatable bonds is 7. The molecular formula is C15H12FN3O7. The zero-order chi connectivity index (χ0) is 19.1. The number of hydrogen-bond donors (Lipinski definition) is 2. The first-order valence-electron chi connectivity index (χ1n) is 7.08. The van der Waals surface area contributed by atoms with E-state index in [0.29, 0.717) is 0 Å². The highest BCUT2D eigenvalue weighted by Gasteiger charge is 2.16. The van der Waals surface area contributed by atoms with E-state index >= 15 is 0 Å². The summed E-state index contributed by atoms with van der Waals surface area (Å²) in [6.45, 7) is -1.19. The standard InChI is InChI=1S/C15H12FN3O7/c16-10-4-3-9(6-11(10)19(23)24)18-13(20)8-26-14(21)7-17-15(22)12-2-1-5-25-12/h1-6H,7-8H2,(H,17,22)(H,18,20). The van der Waals surface area contributed by atoms with Gasteiger partial charge >= 0.3 is 11.7 Å². The van der Waals surface area contributed by atoms with Crippen LogP contribution in [0.2, 0.25) is 0 Å². The van der Waals surface area contributed by atoms with Crippen molar-refractivity contribution >= 4 is 29.2 Å². The van der Waals surface area contributed by atoms with Gasteiger partial charge in [0.25, 0.3) is 11.8 Å². The number of hydrogen-bond acceptors (Lipinski definition) is 7. The number of nitrogens with one attached hydrogen (secondary N) is 2. The number of esters is 1. The van der Waals surface area contributed by atoms with E-state index in [1.54, 1.807) is 0 Å². The van der Waals surface area contributed by atoms with Crippen LogP contribution < -0.4 is 10.6 Å². The Morgan fingerprint density at radius 1 is 1.27 bits per heavy atom. The van der Waals surface area contributed by atoms with Gasteiger partial charge in [-0.05, 0) is 24.3 Å². The molecule has 10 nitrogen and oxygen atoms in total. The Morgan fingerprint density at radius 2 is 2.04 bits per heavy atom. The second kappa shape index (κ2) is 8.37. The Morgan fingerprint density at radius 3 is 2.69 bits per heavy atom. The molecule has 0 unspecified atom stereocenters. The molecule has 2 N–H and O–H groups in total. The van der Waals surface area contributed by atoms with E-state index < -0.39 is 47.4 Å². The van der Waals surface area contributed by atoms with Crippen LogP contribution in [0.5, 0.6) is 0 Å². The average molecular weight is 365 g/mol. The molecule has 0 spiro atoms. The summed E-state index contributed by atoms with van der Waals surface area (Å²) < 4.78 is 22.7. The molecule has 2 aromatic rings. The molecule has 1 aromatic heterocycles. The molecule has 2 rings (SSSR count). The maximum Gasteiger partial charge on any atom is 0.325 e. The molecule has 26 heavy (non-hydrogen) atoms. The highest BCUT2D eigenvalue weighted by molar-refractivity contribution is 5.95. The molecular weight excluding hydrogens is 353 g/mol. The van der Waals surface area contributed by atoms with Crippen molar-refractivity contribution in [2.45, 2.75) is 0 Å². The van der Waals surface area contributed by atoms with Crippen LogP contribution in [-0.2, 0) is 14.3 Å². The minimum Gasteiger partial charge on any atom is -0.459 e. The lowest BCUT2D eigenvalue weighted by atomic mass is 10.2. The van der Waals surface area contributed by atoms with Gasteiger partial charge in [0.1, 0.15) is 6.54 Å². The number of nitro benzene ring substituents is 1. The molecule has 0 saturated carbocycles. The number of carbonyl (C=O) groups is 3. The molecule has 1 heterocycles. The Kier molecular flexibility index (Phi) is 5.98. The molecule has 2 amide bonds. The summed E-state index contributed by atoms with van der Waals surface area (Å²) in [5.74, 6) is -3.35. The van der Waals surface area contributed by atoms with Crippen LogP contribution in [0.15, 0.2) is 41.0 Å². The number of benzene rings is 1. The van der Waals surface area contributed by atoms with Crippen LogP contribution in [0.25, 0.3) is 0 Å². The third-order valence-corrected chi connectivity index (χ3v) is 2.93. The van der Waals surface area contributed by atoms with Crippen molar-refractivity contribution in [1.29, 1.82) is 0 Å². The quantitative estimate of drug-likeness (QED) is 0.427. The molecule has 136 valence electrons. The minimum atomic E-state index is -1.05. The van der Waals surface area contributed by atoms with Crippen LogP contribution >= 0.6 is 0 Å². The normalized spacial score (nSPS) is 10.0. The number of nitrogens with zero attached hydrogens (tertiary/aromatic N) is 1. The van der Waals surface area contributed by atoms with Crippen molar-refractivity contribution in [3.8, 4) is 0 Å². The molecule has 0 saturated heterocycles. The lowest BCUT2D eigenvalue weighted by molar-refractivity contribution is -0.387. The van der Waals surface area contributed by atoms with Crippen LogP contribution in [0.3, 0.4) is 0 Å². The second-order valence-corrected chi connectivity index (χ2v) is 4.79. The van der Waals surface area contributed by atoms with Gasteiger partial charge in [-0.15, -0.1) is 0 Å². The fraction of sp³-hybridized carbons (Fsp3) is 0.133. The summed E-state index contributed by atoms with van der Waals surface area (Å²) in [7, 11) is 0. The minimum absolute atomic E-state index is 0.00782. The van der Waals surface area contributed by atoms with Gasteiger partial charge in [0.15, 0.2) is 12.4 Å². The molecule has 0 aliphatic carbocycles. The van der Waals surface area contributed by atoms with Crippen molar-refractivity contribution in [1.82, 2.24) is 5.32 Å². The lowest BCUT2D eigenvalue weighted by Gasteiger charge is -2.07. The van der Waals surface area contributed by atoms with E-state index in [0.717, 1.165) is 18.2 Å². The zero-order valence-electron chi connectivity index (χ0n) is 13.1. The van der Waals surface area contributed by atoms with Gasteiger partial charge in [-0.25, -0.2) is 0 Å². The molecule has 0 aliphatic rings. The van der Waals surface area contributed by atoms with Gasteiger partial charge in [0, 0.05) is 11.8 Å². The number of halogens is 1. The van der Waals surface area contributed by atoms with Gasteiger partial charge in [-0.1, -0.05) is 0 Å². The molecule has 0 radical (unpaired) electrons. The van der Waals surface area contributed by atoms with Crippen molar-refractivity contribution in [3.63, 3.8) is 0 Å². The van der Waals surface area contributed by atoms with E-state index in [-0.39, 0.29) is 11.4 Å². The molecule has 0 aliphatic heterocycles. The van der Waals surface area contributed by atoms with Gasteiger partial charge < -0.3 is 19.8 Å².